The summed E-state index contributed by atoms with van der Waals surface area (Å²) in [6, 6.07) is 9.12. The van der Waals surface area contributed by atoms with E-state index in [-0.39, 0.29) is 35.9 Å². The molecule has 2 N–H and O–H groups in total. The summed E-state index contributed by atoms with van der Waals surface area (Å²) in [5.74, 6) is -1.94. The third kappa shape index (κ3) is 8.10. The number of anilines is 2. The average Bonchev–Trinajstić information content (AvgIpc) is 2.69. The van der Waals surface area contributed by atoms with Gasteiger partial charge in [-0.1, -0.05) is 35.3 Å². The van der Waals surface area contributed by atoms with Gasteiger partial charge < -0.3 is 15.4 Å². The predicted molar refractivity (Wildman–Crippen MR) is 110 cm³/mol. The normalized spacial score (nSPS) is 11.0. The molecular formula is C20H17Cl2F3N2O4. The molecule has 0 aliphatic rings. The zero-order valence-electron chi connectivity index (χ0n) is 15.9. The predicted octanol–water partition coefficient (Wildman–Crippen LogP) is 5.30. The molecule has 0 aromatic heterocycles. The van der Waals surface area contributed by atoms with Crippen LogP contribution in [-0.2, 0) is 25.3 Å². The van der Waals surface area contributed by atoms with Gasteiger partial charge in [0.05, 0.1) is 27.0 Å². The number of carbonyl (C=O) groups is 3. The summed E-state index contributed by atoms with van der Waals surface area (Å²) in [6.45, 7) is -0.711. The fourth-order valence-electron chi connectivity index (χ4n) is 2.37. The highest BCUT2D eigenvalue weighted by atomic mass is 35.5. The van der Waals surface area contributed by atoms with Gasteiger partial charge in [-0.25, -0.2) is 0 Å². The molecular weight excluding hydrogens is 460 g/mol. The number of rotatable bonds is 8. The number of benzene rings is 2. The van der Waals surface area contributed by atoms with Crippen LogP contribution >= 0.6 is 23.2 Å². The second kappa shape index (κ2) is 11.0. The second-order valence-corrected chi connectivity index (χ2v) is 7.10. The first-order valence-electron chi connectivity index (χ1n) is 8.93. The van der Waals surface area contributed by atoms with E-state index in [0.29, 0.717) is 16.8 Å². The van der Waals surface area contributed by atoms with E-state index in [2.05, 4.69) is 10.6 Å². The molecule has 31 heavy (non-hydrogen) atoms. The number of esters is 1. The minimum atomic E-state index is -4.60. The average molecular weight is 477 g/mol. The van der Waals surface area contributed by atoms with Crippen molar-refractivity contribution in [2.24, 2.45) is 0 Å². The van der Waals surface area contributed by atoms with Crippen LogP contribution in [0.15, 0.2) is 42.5 Å². The second-order valence-electron chi connectivity index (χ2n) is 6.28. The maximum atomic E-state index is 12.7. The minimum Gasteiger partial charge on any atom is -0.456 e. The lowest BCUT2D eigenvalue weighted by molar-refractivity contribution is -0.147. The summed E-state index contributed by atoms with van der Waals surface area (Å²) in [4.78, 5) is 35.4. The smallest absolute Gasteiger partial charge is 0.416 e. The zero-order valence-corrected chi connectivity index (χ0v) is 17.4. The standard InChI is InChI=1S/C20H17Cl2F3N2O4/c21-13-4-1-2-5-15(13)26-17(28)6-3-7-19(30)31-11-18(29)27-16-10-12(20(23,24)25)8-9-14(16)22/h1-2,4-5,8-10H,3,6-7,11H2,(H,26,28)(H,27,29). The Balaban J connectivity index is 1.73. The van der Waals surface area contributed by atoms with E-state index in [4.69, 9.17) is 27.9 Å². The summed E-state index contributed by atoms with van der Waals surface area (Å²) >= 11 is 11.7. The Bertz CT molecular complexity index is 968. The highest BCUT2D eigenvalue weighted by Gasteiger charge is 2.31. The summed E-state index contributed by atoms with van der Waals surface area (Å²) in [5, 5.41) is 5.04. The third-order valence-electron chi connectivity index (χ3n) is 3.86. The van der Waals surface area contributed by atoms with E-state index in [9.17, 15) is 27.6 Å². The molecule has 0 aliphatic heterocycles. The van der Waals surface area contributed by atoms with Crippen molar-refractivity contribution in [1.82, 2.24) is 0 Å². The van der Waals surface area contributed by atoms with Crippen molar-refractivity contribution in [2.75, 3.05) is 17.2 Å². The van der Waals surface area contributed by atoms with Crippen LogP contribution in [0.4, 0.5) is 24.5 Å². The lowest BCUT2D eigenvalue weighted by Gasteiger charge is -2.12. The van der Waals surface area contributed by atoms with Gasteiger partial charge in [-0.3, -0.25) is 14.4 Å². The number of amides is 2. The Morgan fingerprint density at radius 1 is 0.871 bits per heavy atom. The quantitative estimate of drug-likeness (QED) is 0.506. The first-order valence-corrected chi connectivity index (χ1v) is 9.68. The van der Waals surface area contributed by atoms with Crippen molar-refractivity contribution in [1.29, 1.82) is 0 Å². The monoisotopic (exact) mass is 476 g/mol. The maximum absolute atomic E-state index is 12.7. The van der Waals surface area contributed by atoms with Crippen molar-refractivity contribution < 1.29 is 32.3 Å². The Labute approximate surface area is 185 Å². The van der Waals surface area contributed by atoms with Crippen molar-refractivity contribution in [3.8, 4) is 0 Å². The van der Waals surface area contributed by atoms with E-state index in [1.165, 1.54) is 0 Å². The highest BCUT2D eigenvalue weighted by Crippen LogP contribution is 2.33. The molecule has 6 nitrogen and oxygen atoms in total. The number of hydrogen-bond acceptors (Lipinski definition) is 4. The van der Waals surface area contributed by atoms with Crippen LogP contribution in [0.25, 0.3) is 0 Å². The van der Waals surface area contributed by atoms with Gasteiger partial charge in [0.15, 0.2) is 6.61 Å². The molecule has 0 unspecified atom stereocenters. The molecule has 2 aromatic carbocycles. The van der Waals surface area contributed by atoms with Crippen LogP contribution in [0.5, 0.6) is 0 Å². The first-order chi connectivity index (χ1) is 14.6. The highest BCUT2D eigenvalue weighted by molar-refractivity contribution is 6.34. The molecule has 11 heteroatoms. The van der Waals surface area contributed by atoms with Crippen molar-refractivity contribution in [3.05, 3.63) is 58.1 Å². The molecule has 0 aliphatic carbocycles. The Kier molecular flexibility index (Phi) is 8.70. The van der Waals surface area contributed by atoms with Gasteiger partial charge in [0.1, 0.15) is 0 Å². The van der Waals surface area contributed by atoms with Gasteiger partial charge in [-0.15, -0.1) is 0 Å². The summed E-state index contributed by atoms with van der Waals surface area (Å²) < 4.78 is 43.0. The number of carbonyl (C=O) groups excluding carboxylic acids is 3. The number of halogens is 5. The van der Waals surface area contributed by atoms with E-state index in [0.717, 1.165) is 12.1 Å². The number of ether oxygens (including phenoxy) is 1. The number of nitrogens with one attached hydrogen (secondary N) is 2. The Morgan fingerprint density at radius 2 is 1.52 bits per heavy atom. The molecule has 0 saturated carbocycles. The van der Waals surface area contributed by atoms with Crippen LogP contribution in [0.3, 0.4) is 0 Å². The molecule has 0 spiro atoms. The summed E-state index contributed by atoms with van der Waals surface area (Å²) in [6.07, 6.45) is -4.55. The SMILES string of the molecule is O=C(CCCC(=O)OCC(=O)Nc1cc(C(F)(F)F)ccc1Cl)Nc1ccccc1Cl. The Hall–Kier alpha value is -2.78. The minimum absolute atomic E-state index is 0.0202. The molecule has 166 valence electrons. The zero-order chi connectivity index (χ0) is 23.0. The van der Waals surface area contributed by atoms with Gasteiger partial charge in [0.25, 0.3) is 5.91 Å². The molecule has 2 rings (SSSR count). The molecule has 0 saturated heterocycles. The fraction of sp³-hybridized carbons (Fsp3) is 0.250. The molecule has 0 radical (unpaired) electrons. The van der Waals surface area contributed by atoms with Gasteiger partial charge in [-0.2, -0.15) is 13.2 Å². The molecule has 2 amide bonds. The largest absolute Gasteiger partial charge is 0.456 e. The summed E-state index contributed by atoms with van der Waals surface area (Å²) in [5.41, 5.74) is -0.797. The summed E-state index contributed by atoms with van der Waals surface area (Å²) in [7, 11) is 0. The lowest BCUT2D eigenvalue weighted by atomic mass is 10.2. The van der Waals surface area contributed by atoms with E-state index >= 15 is 0 Å². The molecule has 0 heterocycles. The van der Waals surface area contributed by atoms with Gasteiger partial charge in [-0.05, 0) is 36.8 Å². The number of alkyl halides is 3. The number of para-hydroxylation sites is 1. The fourth-order valence-corrected chi connectivity index (χ4v) is 2.72. The third-order valence-corrected chi connectivity index (χ3v) is 4.52. The number of hydrogen-bond donors (Lipinski definition) is 2. The van der Waals surface area contributed by atoms with Crippen LogP contribution < -0.4 is 10.6 Å². The van der Waals surface area contributed by atoms with E-state index in [1.54, 1.807) is 24.3 Å². The van der Waals surface area contributed by atoms with Gasteiger partial charge >= 0.3 is 12.1 Å². The molecule has 0 atom stereocenters. The molecule has 0 bridgehead atoms. The molecule has 0 fully saturated rings. The van der Waals surface area contributed by atoms with Crippen molar-refractivity contribution >= 4 is 52.4 Å². The van der Waals surface area contributed by atoms with E-state index in [1.807, 2.05) is 0 Å². The van der Waals surface area contributed by atoms with Crippen molar-refractivity contribution in [2.45, 2.75) is 25.4 Å². The maximum Gasteiger partial charge on any atom is 0.416 e. The van der Waals surface area contributed by atoms with Gasteiger partial charge in [0.2, 0.25) is 5.91 Å². The van der Waals surface area contributed by atoms with Crippen LogP contribution in [0.1, 0.15) is 24.8 Å². The van der Waals surface area contributed by atoms with Crippen molar-refractivity contribution in [3.63, 3.8) is 0 Å². The van der Waals surface area contributed by atoms with Crippen LogP contribution in [0.2, 0.25) is 10.0 Å². The van der Waals surface area contributed by atoms with Gasteiger partial charge in [0, 0.05) is 12.8 Å². The van der Waals surface area contributed by atoms with Crippen LogP contribution in [0, 0.1) is 0 Å². The molecule has 2 aromatic rings. The first kappa shape index (κ1) is 24.5. The Morgan fingerprint density at radius 3 is 2.19 bits per heavy atom. The lowest BCUT2D eigenvalue weighted by Crippen LogP contribution is -2.21. The topological polar surface area (TPSA) is 84.5 Å². The van der Waals surface area contributed by atoms with Crippen LogP contribution in [-0.4, -0.2) is 24.4 Å². The van der Waals surface area contributed by atoms with E-state index < -0.39 is 30.2 Å².